The maximum atomic E-state index is 12.5. The quantitative estimate of drug-likeness (QED) is 0.588. The van der Waals surface area contributed by atoms with Crippen LogP contribution in [0.25, 0.3) is 11.6 Å². The molecule has 0 saturated carbocycles. The standard InChI is InChI=1S/C19H13N3O3/c23-17-14(10-11-6-2-1-3-7-11)21-19(25)16(22-17)15-12-8-4-5-9-13(12)20-18(15)24/h1-10H,(H,20,24)(H,21,25)(H,22,23)/b14-10+,16-15+. The zero-order valence-corrected chi connectivity index (χ0v) is 13.0. The summed E-state index contributed by atoms with van der Waals surface area (Å²) >= 11 is 0. The first-order chi connectivity index (χ1) is 12.1. The number of hydrogen-bond donors (Lipinski definition) is 3. The Hall–Kier alpha value is -3.67. The molecule has 3 aromatic rings. The molecular formula is C19H13N3O3. The second-order valence-electron chi connectivity index (χ2n) is 5.63. The van der Waals surface area contributed by atoms with E-state index in [1.165, 1.54) is 0 Å². The third-order valence-electron chi connectivity index (χ3n) is 3.99. The van der Waals surface area contributed by atoms with Gasteiger partial charge in [0, 0.05) is 11.3 Å². The van der Waals surface area contributed by atoms with Crippen LogP contribution in [0.2, 0.25) is 0 Å². The summed E-state index contributed by atoms with van der Waals surface area (Å²) in [7, 11) is 0. The van der Waals surface area contributed by atoms with Gasteiger partial charge in [-0.2, -0.15) is 0 Å². The Morgan fingerprint density at radius 2 is 1.48 bits per heavy atom. The third-order valence-corrected chi connectivity index (χ3v) is 3.99. The normalized spacial score (nSPS) is 15.8. The summed E-state index contributed by atoms with van der Waals surface area (Å²) in [4.78, 5) is 42.2. The molecule has 2 aromatic carbocycles. The number of H-pyrrole nitrogens is 2. The molecule has 1 aliphatic heterocycles. The number of hydrogen-bond acceptors (Lipinski definition) is 3. The number of benzene rings is 2. The number of anilines is 1. The fourth-order valence-corrected chi connectivity index (χ4v) is 2.84. The average Bonchev–Trinajstić information content (AvgIpc) is 2.94. The summed E-state index contributed by atoms with van der Waals surface area (Å²) in [6, 6.07) is 16.2. The van der Waals surface area contributed by atoms with Crippen molar-refractivity contribution >= 4 is 23.2 Å². The second kappa shape index (κ2) is 5.76. The highest BCUT2D eigenvalue weighted by Gasteiger charge is 2.25. The van der Waals surface area contributed by atoms with E-state index < -0.39 is 17.0 Å². The van der Waals surface area contributed by atoms with Crippen LogP contribution in [0.5, 0.6) is 0 Å². The topological polar surface area (TPSA) is 94.8 Å². The molecule has 1 amide bonds. The predicted octanol–water partition coefficient (Wildman–Crippen LogP) is 0.0431. The van der Waals surface area contributed by atoms with Crippen molar-refractivity contribution in [2.75, 3.05) is 5.32 Å². The lowest BCUT2D eigenvalue weighted by Crippen LogP contribution is -2.48. The molecule has 25 heavy (non-hydrogen) atoms. The van der Waals surface area contributed by atoms with Crippen molar-refractivity contribution in [3.8, 4) is 0 Å². The first kappa shape index (κ1) is 14.9. The lowest BCUT2D eigenvalue weighted by Gasteiger charge is -1.97. The number of para-hydroxylation sites is 1. The van der Waals surface area contributed by atoms with Crippen LogP contribution in [-0.4, -0.2) is 15.9 Å². The molecule has 0 radical (unpaired) electrons. The molecule has 3 N–H and O–H groups in total. The minimum absolute atomic E-state index is 0.0438. The first-order valence-electron chi connectivity index (χ1n) is 7.68. The van der Waals surface area contributed by atoms with E-state index in [4.69, 9.17) is 0 Å². The fraction of sp³-hybridized carbons (Fsp3) is 0. The zero-order chi connectivity index (χ0) is 17.4. The summed E-state index contributed by atoms with van der Waals surface area (Å²) in [5.41, 5.74) is 1.16. The lowest BCUT2D eigenvalue weighted by atomic mass is 10.1. The molecule has 0 aliphatic carbocycles. The molecule has 0 atom stereocenters. The number of carbonyl (C=O) groups is 1. The van der Waals surface area contributed by atoms with Gasteiger partial charge in [0.15, 0.2) is 0 Å². The zero-order valence-electron chi connectivity index (χ0n) is 13.0. The lowest BCUT2D eigenvalue weighted by molar-refractivity contribution is -0.110. The molecule has 6 nitrogen and oxygen atoms in total. The van der Waals surface area contributed by atoms with E-state index in [-0.39, 0.29) is 16.3 Å². The van der Waals surface area contributed by atoms with Crippen LogP contribution in [0, 0.1) is 0 Å². The molecule has 0 saturated heterocycles. The molecule has 0 unspecified atom stereocenters. The Morgan fingerprint density at radius 1 is 0.760 bits per heavy atom. The molecule has 0 fully saturated rings. The Labute approximate surface area is 141 Å². The van der Waals surface area contributed by atoms with Crippen LogP contribution in [0.4, 0.5) is 5.69 Å². The number of aromatic nitrogens is 2. The van der Waals surface area contributed by atoms with Gasteiger partial charge < -0.3 is 15.3 Å². The Bertz CT molecular complexity index is 1220. The number of carbonyl (C=O) groups excluding carboxylic acids is 1. The second-order valence-corrected chi connectivity index (χ2v) is 5.63. The Balaban J connectivity index is 2.00. The minimum atomic E-state index is -0.524. The van der Waals surface area contributed by atoms with E-state index in [9.17, 15) is 14.4 Å². The van der Waals surface area contributed by atoms with E-state index in [1.54, 1.807) is 30.3 Å². The van der Waals surface area contributed by atoms with Crippen LogP contribution in [0.3, 0.4) is 0 Å². The van der Waals surface area contributed by atoms with Crippen LogP contribution < -0.4 is 27.1 Å². The highest BCUT2D eigenvalue weighted by atomic mass is 16.2. The van der Waals surface area contributed by atoms with Crippen molar-refractivity contribution in [1.29, 1.82) is 0 Å². The number of rotatable bonds is 1. The summed E-state index contributed by atoms with van der Waals surface area (Å²) in [5, 5.41) is 2.78. The fourth-order valence-electron chi connectivity index (χ4n) is 2.84. The molecule has 6 heteroatoms. The Kier molecular flexibility index (Phi) is 3.43. The monoisotopic (exact) mass is 331 g/mol. The van der Waals surface area contributed by atoms with Gasteiger partial charge in [-0.3, -0.25) is 14.4 Å². The maximum absolute atomic E-state index is 12.5. The summed E-state index contributed by atoms with van der Waals surface area (Å²) in [5.74, 6) is -0.415. The van der Waals surface area contributed by atoms with Crippen molar-refractivity contribution in [3.63, 3.8) is 0 Å². The van der Waals surface area contributed by atoms with Gasteiger partial charge in [-0.05, 0) is 17.7 Å². The summed E-state index contributed by atoms with van der Waals surface area (Å²) in [6.45, 7) is 0. The number of aromatic amines is 2. The summed E-state index contributed by atoms with van der Waals surface area (Å²) < 4.78 is 0. The van der Waals surface area contributed by atoms with Gasteiger partial charge in [-0.25, -0.2) is 0 Å². The van der Waals surface area contributed by atoms with Crippen molar-refractivity contribution in [1.82, 2.24) is 9.97 Å². The number of fused-ring (bicyclic) bond motifs is 1. The molecule has 0 spiro atoms. The smallest absolute Gasteiger partial charge is 0.273 e. The van der Waals surface area contributed by atoms with Crippen LogP contribution in [-0.2, 0) is 4.79 Å². The Morgan fingerprint density at radius 3 is 2.28 bits per heavy atom. The van der Waals surface area contributed by atoms with Crippen molar-refractivity contribution in [2.24, 2.45) is 0 Å². The van der Waals surface area contributed by atoms with Crippen LogP contribution in [0.15, 0.2) is 64.2 Å². The molecule has 4 rings (SSSR count). The number of nitrogens with one attached hydrogen (secondary N) is 3. The average molecular weight is 331 g/mol. The van der Waals surface area contributed by atoms with E-state index >= 15 is 0 Å². The van der Waals surface area contributed by atoms with E-state index in [0.29, 0.717) is 11.3 Å². The van der Waals surface area contributed by atoms with E-state index in [0.717, 1.165) is 5.56 Å². The van der Waals surface area contributed by atoms with Gasteiger partial charge in [0.1, 0.15) is 10.7 Å². The van der Waals surface area contributed by atoms with E-state index in [1.807, 2.05) is 30.3 Å². The first-order valence-corrected chi connectivity index (χ1v) is 7.68. The predicted molar refractivity (Wildman–Crippen MR) is 94.5 cm³/mol. The van der Waals surface area contributed by atoms with Gasteiger partial charge >= 0.3 is 0 Å². The molecule has 1 aliphatic rings. The molecule has 2 heterocycles. The molecule has 0 bridgehead atoms. The van der Waals surface area contributed by atoms with Gasteiger partial charge in [-0.1, -0.05) is 48.5 Å². The SMILES string of the molecule is O=C1Nc2ccccc2/C1=c1\[nH]c(=O)/c(=C\c2ccccc2)[nH]c1=O. The number of amides is 1. The molecular weight excluding hydrogens is 318 g/mol. The summed E-state index contributed by atoms with van der Waals surface area (Å²) in [6.07, 6.45) is 1.58. The van der Waals surface area contributed by atoms with Crippen molar-refractivity contribution in [2.45, 2.75) is 0 Å². The maximum Gasteiger partial charge on any atom is 0.273 e. The van der Waals surface area contributed by atoms with Gasteiger partial charge in [0.2, 0.25) is 0 Å². The molecule has 122 valence electrons. The van der Waals surface area contributed by atoms with Crippen LogP contribution >= 0.6 is 0 Å². The van der Waals surface area contributed by atoms with Crippen LogP contribution in [0.1, 0.15) is 11.1 Å². The van der Waals surface area contributed by atoms with Gasteiger partial charge in [-0.15, -0.1) is 0 Å². The molecule has 1 aromatic heterocycles. The van der Waals surface area contributed by atoms with Crippen molar-refractivity contribution in [3.05, 3.63) is 97.1 Å². The van der Waals surface area contributed by atoms with E-state index in [2.05, 4.69) is 15.3 Å². The largest absolute Gasteiger partial charge is 0.321 e. The highest BCUT2D eigenvalue weighted by molar-refractivity contribution is 6.31. The third kappa shape index (κ3) is 2.59. The van der Waals surface area contributed by atoms with Gasteiger partial charge in [0.25, 0.3) is 17.0 Å². The minimum Gasteiger partial charge on any atom is -0.321 e. The van der Waals surface area contributed by atoms with Crippen molar-refractivity contribution < 1.29 is 4.79 Å². The highest BCUT2D eigenvalue weighted by Crippen LogP contribution is 2.28. The van der Waals surface area contributed by atoms with Gasteiger partial charge in [0.05, 0.1) is 5.57 Å².